The molecule has 2 aliphatic rings. The predicted molar refractivity (Wildman–Crippen MR) is 81.1 cm³/mol. The summed E-state index contributed by atoms with van der Waals surface area (Å²) in [5.41, 5.74) is -0.286. The minimum absolute atomic E-state index is 0.0590. The molecule has 0 saturated heterocycles. The molecule has 1 aromatic carbocycles. The highest BCUT2D eigenvalue weighted by Gasteiger charge is 2.54. The lowest BCUT2D eigenvalue weighted by Crippen LogP contribution is -2.51. The number of aliphatic hydroxyl groups is 1. The molecule has 1 atom stereocenters. The van der Waals surface area contributed by atoms with Crippen LogP contribution < -0.4 is 0 Å². The highest BCUT2D eigenvalue weighted by atomic mass is 16.3. The largest absolute Gasteiger partial charge is 0.361 e. The van der Waals surface area contributed by atoms with E-state index in [4.69, 9.17) is 0 Å². The van der Waals surface area contributed by atoms with Gasteiger partial charge >= 0.3 is 0 Å². The molecule has 2 aromatic rings. The number of H-pyrrole nitrogens is 1. The van der Waals surface area contributed by atoms with Crippen LogP contribution in [0.3, 0.4) is 0 Å². The molecule has 1 fully saturated rings. The van der Waals surface area contributed by atoms with E-state index in [0.717, 1.165) is 25.7 Å². The highest BCUT2D eigenvalue weighted by Crippen LogP contribution is 2.44. The van der Waals surface area contributed by atoms with Crippen molar-refractivity contribution in [3.8, 4) is 0 Å². The summed E-state index contributed by atoms with van der Waals surface area (Å²) >= 11 is 0. The normalized spacial score (nSPS) is 25.5. The quantitative estimate of drug-likeness (QED) is 0.894. The smallest absolute Gasteiger partial charge is 0.257 e. The Hall–Kier alpha value is -2.14. The second-order valence-corrected chi connectivity index (χ2v) is 6.12. The number of aromatic nitrogens is 2. The van der Waals surface area contributed by atoms with E-state index in [0.29, 0.717) is 17.0 Å². The van der Waals surface area contributed by atoms with Gasteiger partial charge in [-0.2, -0.15) is 0 Å². The number of nitrogens with zero attached hydrogens (tertiary/aromatic N) is 2. The zero-order valence-electron chi connectivity index (χ0n) is 12.3. The summed E-state index contributed by atoms with van der Waals surface area (Å²) in [7, 11) is 0. The summed E-state index contributed by atoms with van der Waals surface area (Å²) in [6.07, 6.45) is 8.55. The van der Waals surface area contributed by atoms with E-state index in [-0.39, 0.29) is 11.9 Å². The Labute approximate surface area is 129 Å². The van der Waals surface area contributed by atoms with Gasteiger partial charge in [-0.05, 0) is 18.9 Å². The number of hydrogen-bond acceptors (Lipinski definition) is 3. The lowest BCUT2D eigenvalue weighted by Gasteiger charge is -2.40. The van der Waals surface area contributed by atoms with Crippen LogP contribution in [0.2, 0.25) is 0 Å². The third-order valence-corrected chi connectivity index (χ3v) is 4.87. The van der Waals surface area contributed by atoms with Crippen molar-refractivity contribution in [2.45, 2.75) is 43.9 Å². The number of rotatable bonds is 2. The minimum Gasteiger partial charge on any atom is -0.361 e. The van der Waals surface area contributed by atoms with Crippen molar-refractivity contribution in [2.24, 2.45) is 0 Å². The molecule has 5 heteroatoms. The Morgan fingerprint density at radius 2 is 2.00 bits per heavy atom. The summed E-state index contributed by atoms with van der Waals surface area (Å²) in [4.78, 5) is 21.8. The zero-order chi connectivity index (χ0) is 15.2. The van der Waals surface area contributed by atoms with Crippen LogP contribution in [0.5, 0.6) is 0 Å². The Bertz CT molecular complexity index is 692. The Balaban J connectivity index is 1.88. The molecule has 0 unspecified atom stereocenters. The summed E-state index contributed by atoms with van der Waals surface area (Å²) < 4.78 is 0. The van der Waals surface area contributed by atoms with Gasteiger partial charge in [0.05, 0.1) is 0 Å². The summed E-state index contributed by atoms with van der Waals surface area (Å²) in [6.45, 7) is 0. The van der Waals surface area contributed by atoms with Crippen molar-refractivity contribution in [3.63, 3.8) is 0 Å². The van der Waals surface area contributed by atoms with Crippen LogP contribution in [-0.2, 0) is 5.72 Å². The monoisotopic (exact) mass is 297 g/mol. The van der Waals surface area contributed by atoms with Crippen LogP contribution in [-0.4, -0.2) is 31.9 Å². The number of carbonyl (C=O) groups excluding carboxylic acids is 1. The molecule has 2 N–H and O–H groups in total. The van der Waals surface area contributed by atoms with Gasteiger partial charge in [-0.3, -0.25) is 9.69 Å². The molecule has 1 saturated carbocycles. The van der Waals surface area contributed by atoms with Crippen molar-refractivity contribution < 1.29 is 9.90 Å². The van der Waals surface area contributed by atoms with Crippen molar-refractivity contribution >= 4 is 5.91 Å². The number of nitrogens with one attached hydrogen (secondary N) is 1. The number of fused-ring (bicyclic) bond motifs is 1. The number of carbonyl (C=O) groups is 1. The number of hydrogen-bond donors (Lipinski definition) is 2. The van der Waals surface area contributed by atoms with Crippen LogP contribution in [0.4, 0.5) is 0 Å². The van der Waals surface area contributed by atoms with Gasteiger partial charge in [0, 0.05) is 29.6 Å². The molecule has 4 rings (SSSR count). The highest BCUT2D eigenvalue weighted by molar-refractivity contribution is 6.00. The Kier molecular flexibility index (Phi) is 3.04. The minimum atomic E-state index is -1.49. The summed E-state index contributed by atoms with van der Waals surface area (Å²) in [6, 6.07) is 7.35. The van der Waals surface area contributed by atoms with Crippen molar-refractivity contribution in [1.82, 2.24) is 14.9 Å². The van der Waals surface area contributed by atoms with Crippen LogP contribution in [0.15, 0.2) is 36.7 Å². The van der Waals surface area contributed by atoms with Gasteiger partial charge in [0.2, 0.25) is 5.72 Å². The van der Waals surface area contributed by atoms with Gasteiger partial charge in [0.15, 0.2) is 5.82 Å². The molecule has 0 spiro atoms. The zero-order valence-corrected chi connectivity index (χ0v) is 12.3. The second-order valence-electron chi connectivity index (χ2n) is 6.12. The lowest BCUT2D eigenvalue weighted by atomic mass is 9.92. The SMILES string of the molecule is O=C1c2ccccc2[C@](O)(c2ncc[nH]2)N1C1CCCCC1. The van der Waals surface area contributed by atoms with Gasteiger partial charge in [-0.1, -0.05) is 37.5 Å². The maximum absolute atomic E-state index is 12.9. The fraction of sp³-hybridized carbons (Fsp3) is 0.412. The van der Waals surface area contributed by atoms with E-state index in [1.807, 2.05) is 18.2 Å². The number of aromatic amines is 1. The Morgan fingerprint density at radius 3 is 2.73 bits per heavy atom. The average Bonchev–Trinajstić information content (AvgIpc) is 3.17. The van der Waals surface area contributed by atoms with Crippen molar-refractivity contribution in [3.05, 3.63) is 53.6 Å². The van der Waals surface area contributed by atoms with Gasteiger partial charge in [-0.25, -0.2) is 4.98 Å². The molecule has 1 aliphatic heterocycles. The number of amides is 1. The molecule has 114 valence electrons. The first kappa shape index (κ1) is 13.5. The molecular weight excluding hydrogens is 278 g/mol. The van der Waals surface area contributed by atoms with Crippen molar-refractivity contribution in [1.29, 1.82) is 0 Å². The van der Waals surface area contributed by atoms with E-state index in [1.54, 1.807) is 23.4 Å². The molecule has 5 nitrogen and oxygen atoms in total. The van der Waals surface area contributed by atoms with E-state index in [1.165, 1.54) is 6.42 Å². The molecule has 0 bridgehead atoms. The van der Waals surface area contributed by atoms with Crippen molar-refractivity contribution in [2.75, 3.05) is 0 Å². The molecule has 22 heavy (non-hydrogen) atoms. The van der Waals surface area contributed by atoms with Crippen LogP contribution in [0.1, 0.15) is 53.8 Å². The Morgan fingerprint density at radius 1 is 1.23 bits per heavy atom. The molecule has 1 aliphatic carbocycles. The van der Waals surface area contributed by atoms with Gasteiger partial charge in [0.25, 0.3) is 5.91 Å². The maximum atomic E-state index is 12.9. The van der Waals surface area contributed by atoms with Crippen LogP contribution in [0.25, 0.3) is 0 Å². The molecule has 1 aromatic heterocycles. The maximum Gasteiger partial charge on any atom is 0.257 e. The van der Waals surface area contributed by atoms with Gasteiger partial charge in [-0.15, -0.1) is 0 Å². The number of imidazole rings is 1. The van der Waals surface area contributed by atoms with E-state index in [9.17, 15) is 9.90 Å². The van der Waals surface area contributed by atoms with Crippen LogP contribution >= 0.6 is 0 Å². The fourth-order valence-corrected chi connectivity index (χ4v) is 3.85. The predicted octanol–water partition coefficient (Wildman–Crippen LogP) is 2.39. The first-order valence-corrected chi connectivity index (χ1v) is 7.88. The number of benzene rings is 1. The molecule has 2 heterocycles. The molecular formula is C17H19N3O2. The van der Waals surface area contributed by atoms with Crippen LogP contribution in [0, 0.1) is 0 Å². The summed E-state index contributed by atoms with van der Waals surface area (Å²) in [5.74, 6) is 0.317. The third-order valence-electron chi connectivity index (χ3n) is 4.87. The topological polar surface area (TPSA) is 69.2 Å². The average molecular weight is 297 g/mol. The fourth-order valence-electron chi connectivity index (χ4n) is 3.85. The van der Waals surface area contributed by atoms with E-state index < -0.39 is 5.72 Å². The second kappa shape index (κ2) is 4.95. The molecule has 1 amide bonds. The van der Waals surface area contributed by atoms with Gasteiger partial charge in [0.1, 0.15) is 0 Å². The lowest BCUT2D eigenvalue weighted by molar-refractivity contribution is -0.0809. The standard InChI is InChI=1S/C17H19N3O2/c21-15-13-8-4-5-9-14(13)17(22,16-18-10-11-19-16)20(15)12-6-2-1-3-7-12/h4-5,8-12,22H,1-3,6-7H2,(H,18,19)/t17-/m0/s1. The first-order valence-electron chi connectivity index (χ1n) is 7.88. The first-order chi connectivity index (χ1) is 10.7. The van der Waals surface area contributed by atoms with Gasteiger partial charge < -0.3 is 10.1 Å². The van der Waals surface area contributed by atoms with E-state index >= 15 is 0 Å². The third kappa shape index (κ3) is 1.75. The summed E-state index contributed by atoms with van der Waals surface area (Å²) in [5, 5.41) is 11.5. The van der Waals surface area contributed by atoms with E-state index in [2.05, 4.69) is 9.97 Å². The molecule has 0 radical (unpaired) electrons.